The first-order valence-electron chi connectivity index (χ1n) is 5.83. The maximum atomic E-state index is 13.4. The highest BCUT2D eigenvalue weighted by molar-refractivity contribution is 6.31. The van der Waals surface area contributed by atoms with Crippen LogP contribution < -0.4 is 10.6 Å². The molecule has 1 aromatic carbocycles. The standard InChI is InChI=1S/C13H16ClFN2O/c1-13(2,3)11-6-12(18)17-10-5-8(15)7(14)4-9(10)16-11/h4-5,11,16H,6H2,1-3H3,(H,17,18). The second-order valence-electron chi connectivity index (χ2n) is 5.63. The van der Waals surface area contributed by atoms with Gasteiger partial charge in [-0.1, -0.05) is 32.4 Å². The molecule has 0 saturated heterocycles. The third-order valence-electron chi connectivity index (χ3n) is 3.10. The van der Waals surface area contributed by atoms with Crippen LogP contribution in [-0.2, 0) is 4.79 Å². The molecule has 98 valence electrons. The normalized spacial score (nSPS) is 19.6. The minimum atomic E-state index is -0.535. The molecule has 1 aliphatic rings. The van der Waals surface area contributed by atoms with Gasteiger partial charge in [0.2, 0.25) is 5.91 Å². The van der Waals surface area contributed by atoms with E-state index in [0.717, 1.165) is 0 Å². The third kappa shape index (κ3) is 2.58. The Labute approximate surface area is 111 Å². The van der Waals surface area contributed by atoms with Gasteiger partial charge in [-0.3, -0.25) is 4.79 Å². The number of benzene rings is 1. The van der Waals surface area contributed by atoms with E-state index in [1.54, 1.807) is 0 Å². The largest absolute Gasteiger partial charge is 0.380 e. The summed E-state index contributed by atoms with van der Waals surface area (Å²) >= 11 is 5.77. The van der Waals surface area contributed by atoms with Crippen molar-refractivity contribution < 1.29 is 9.18 Å². The van der Waals surface area contributed by atoms with Gasteiger partial charge in [0.1, 0.15) is 5.82 Å². The van der Waals surface area contributed by atoms with Gasteiger partial charge in [0, 0.05) is 18.5 Å². The molecule has 0 fully saturated rings. The molecule has 2 rings (SSSR count). The van der Waals surface area contributed by atoms with E-state index in [-0.39, 0.29) is 22.4 Å². The van der Waals surface area contributed by atoms with Crippen molar-refractivity contribution in [2.45, 2.75) is 33.2 Å². The van der Waals surface area contributed by atoms with Gasteiger partial charge in [0.25, 0.3) is 0 Å². The van der Waals surface area contributed by atoms with E-state index in [2.05, 4.69) is 10.6 Å². The van der Waals surface area contributed by atoms with Gasteiger partial charge < -0.3 is 10.6 Å². The van der Waals surface area contributed by atoms with Gasteiger partial charge in [0.05, 0.1) is 16.4 Å². The number of carbonyl (C=O) groups excluding carboxylic acids is 1. The summed E-state index contributed by atoms with van der Waals surface area (Å²) in [7, 11) is 0. The van der Waals surface area contributed by atoms with Crippen LogP contribution in [0.2, 0.25) is 5.02 Å². The summed E-state index contributed by atoms with van der Waals surface area (Å²) in [5, 5.41) is 6.00. The first kappa shape index (κ1) is 13.1. The highest BCUT2D eigenvalue weighted by Gasteiger charge is 2.30. The number of rotatable bonds is 0. The first-order valence-corrected chi connectivity index (χ1v) is 6.20. The van der Waals surface area contributed by atoms with Crippen molar-refractivity contribution in [2.24, 2.45) is 5.41 Å². The van der Waals surface area contributed by atoms with Crippen molar-refractivity contribution in [3.8, 4) is 0 Å². The maximum absolute atomic E-state index is 13.4. The monoisotopic (exact) mass is 270 g/mol. The summed E-state index contributed by atoms with van der Waals surface area (Å²) in [6.45, 7) is 6.15. The molecular weight excluding hydrogens is 255 g/mol. The minimum absolute atomic E-state index is 0.0275. The Balaban J connectivity index is 2.43. The molecule has 0 radical (unpaired) electrons. The van der Waals surface area contributed by atoms with E-state index in [0.29, 0.717) is 17.8 Å². The Hall–Kier alpha value is -1.29. The molecule has 5 heteroatoms. The van der Waals surface area contributed by atoms with Crippen molar-refractivity contribution in [1.29, 1.82) is 0 Å². The fraction of sp³-hybridized carbons (Fsp3) is 0.462. The molecule has 1 atom stereocenters. The number of amides is 1. The quantitative estimate of drug-likeness (QED) is 0.756. The number of hydrogen-bond acceptors (Lipinski definition) is 2. The van der Waals surface area contributed by atoms with E-state index in [1.807, 2.05) is 20.8 Å². The summed E-state index contributed by atoms with van der Waals surface area (Å²) in [4.78, 5) is 11.8. The molecular formula is C13H16ClFN2O. The fourth-order valence-electron chi connectivity index (χ4n) is 1.92. The highest BCUT2D eigenvalue weighted by atomic mass is 35.5. The van der Waals surface area contributed by atoms with E-state index in [9.17, 15) is 9.18 Å². The lowest BCUT2D eigenvalue weighted by Crippen LogP contribution is -2.35. The molecule has 0 spiro atoms. The smallest absolute Gasteiger partial charge is 0.226 e. The summed E-state index contributed by atoms with van der Waals surface area (Å²) < 4.78 is 13.4. The van der Waals surface area contributed by atoms with Gasteiger partial charge in [-0.15, -0.1) is 0 Å². The van der Waals surface area contributed by atoms with E-state index < -0.39 is 5.82 Å². The molecule has 1 heterocycles. The zero-order chi connectivity index (χ0) is 13.5. The molecule has 0 aromatic heterocycles. The Bertz CT molecular complexity index is 496. The molecule has 1 aromatic rings. The zero-order valence-electron chi connectivity index (χ0n) is 10.6. The van der Waals surface area contributed by atoms with Crippen LogP contribution in [0.4, 0.5) is 15.8 Å². The highest BCUT2D eigenvalue weighted by Crippen LogP contribution is 2.35. The zero-order valence-corrected chi connectivity index (χ0v) is 11.4. The van der Waals surface area contributed by atoms with Crippen molar-refractivity contribution in [1.82, 2.24) is 0 Å². The van der Waals surface area contributed by atoms with Crippen molar-refractivity contribution >= 4 is 28.9 Å². The van der Waals surface area contributed by atoms with Gasteiger partial charge in [-0.05, 0) is 11.5 Å². The Kier molecular flexibility index (Phi) is 3.23. The van der Waals surface area contributed by atoms with Gasteiger partial charge >= 0.3 is 0 Å². The number of carbonyl (C=O) groups is 1. The van der Waals surface area contributed by atoms with E-state index in [1.165, 1.54) is 12.1 Å². The van der Waals surface area contributed by atoms with Crippen LogP contribution in [0.3, 0.4) is 0 Å². The summed E-state index contributed by atoms with van der Waals surface area (Å²) in [5.74, 6) is -0.658. The van der Waals surface area contributed by atoms with E-state index >= 15 is 0 Å². The minimum Gasteiger partial charge on any atom is -0.380 e. The molecule has 2 N–H and O–H groups in total. The maximum Gasteiger partial charge on any atom is 0.226 e. The molecule has 0 bridgehead atoms. The molecule has 0 saturated carbocycles. The van der Waals surface area contributed by atoms with Gasteiger partial charge in [-0.2, -0.15) is 0 Å². The van der Waals surface area contributed by atoms with Crippen LogP contribution in [0.25, 0.3) is 0 Å². The molecule has 3 nitrogen and oxygen atoms in total. The predicted molar refractivity (Wildman–Crippen MR) is 71.5 cm³/mol. The topological polar surface area (TPSA) is 41.1 Å². The lowest BCUT2D eigenvalue weighted by atomic mass is 9.84. The fourth-order valence-corrected chi connectivity index (χ4v) is 2.08. The Morgan fingerprint density at radius 2 is 2.00 bits per heavy atom. The summed E-state index contributed by atoms with van der Waals surface area (Å²) in [5.41, 5.74) is 1.01. The Morgan fingerprint density at radius 1 is 1.33 bits per heavy atom. The van der Waals surface area contributed by atoms with Crippen molar-refractivity contribution in [3.63, 3.8) is 0 Å². The van der Waals surface area contributed by atoms with E-state index in [4.69, 9.17) is 11.6 Å². The average Bonchev–Trinajstić information content (AvgIpc) is 2.37. The molecule has 0 aliphatic carbocycles. The van der Waals surface area contributed by atoms with Crippen LogP contribution in [0, 0.1) is 11.2 Å². The Morgan fingerprint density at radius 3 is 2.61 bits per heavy atom. The van der Waals surface area contributed by atoms with Crippen molar-refractivity contribution in [2.75, 3.05) is 10.6 Å². The summed E-state index contributed by atoms with van der Waals surface area (Å²) in [6, 6.07) is 2.73. The summed E-state index contributed by atoms with van der Waals surface area (Å²) in [6.07, 6.45) is 0.345. The number of fused-ring (bicyclic) bond motifs is 1. The SMILES string of the molecule is CC(C)(C)C1CC(=O)Nc2cc(F)c(Cl)cc2N1. The number of nitrogens with one attached hydrogen (secondary N) is 2. The number of anilines is 2. The molecule has 1 amide bonds. The molecule has 1 unspecified atom stereocenters. The van der Waals surface area contributed by atoms with Crippen LogP contribution in [0.5, 0.6) is 0 Å². The second kappa shape index (κ2) is 4.43. The van der Waals surface area contributed by atoms with Crippen LogP contribution in [0.15, 0.2) is 12.1 Å². The molecule has 18 heavy (non-hydrogen) atoms. The predicted octanol–water partition coefficient (Wildman–Crippen LogP) is 3.65. The second-order valence-corrected chi connectivity index (χ2v) is 6.03. The number of hydrogen-bond donors (Lipinski definition) is 2. The molecule has 1 aliphatic heterocycles. The van der Waals surface area contributed by atoms with Gasteiger partial charge in [-0.25, -0.2) is 4.39 Å². The van der Waals surface area contributed by atoms with Crippen LogP contribution in [0.1, 0.15) is 27.2 Å². The number of halogens is 2. The van der Waals surface area contributed by atoms with Crippen LogP contribution >= 0.6 is 11.6 Å². The first-order chi connectivity index (χ1) is 8.27. The van der Waals surface area contributed by atoms with Crippen LogP contribution in [-0.4, -0.2) is 11.9 Å². The lowest BCUT2D eigenvalue weighted by Gasteiger charge is -2.30. The lowest BCUT2D eigenvalue weighted by molar-refractivity contribution is -0.116. The van der Waals surface area contributed by atoms with Gasteiger partial charge in [0.15, 0.2) is 0 Å². The third-order valence-corrected chi connectivity index (χ3v) is 3.39. The average molecular weight is 271 g/mol. The van der Waals surface area contributed by atoms with Crippen molar-refractivity contribution in [3.05, 3.63) is 23.0 Å².